The van der Waals surface area contributed by atoms with Crippen molar-refractivity contribution in [3.63, 3.8) is 0 Å². The zero-order chi connectivity index (χ0) is 15.9. The summed E-state index contributed by atoms with van der Waals surface area (Å²) in [5.41, 5.74) is 8.86. The molecule has 0 aliphatic carbocycles. The molecule has 1 unspecified atom stereocenters. The summed E-state index contributed by atoms with van der Waals surface area (Å²) in [7, 11) is 0. The second-order valence-electron chi connectivity index (χ2n) is 4.61. The predicted octanol–water partition coefficient (Wildman–Crippen LogP) is -2.01. The molecule has 5 N–H and O–H groups in total. The number of carbonyl (C=O) groups excluding carboxylic acids is 3. The quantitative estimate of drug-likeness (QED) is 0.305. The summed E-state index contributed by atoms with van der Waals surface area (Å²) >= 11 is 1.10. The van der Waals surface area contributed by atoms with Gasteiger partial charge in [0, 0.05) is 18.2 Å². The normalized spacial score (nSPS) is 27.8. The predicted molar refractivity (Wildman–Crippen MR) is 70.5 cm³/mol. The molecule has 2 aliphatic heterocycles. The molecule has 2 rings (SSSR count). The summed E-state index contributed by atoms with van der Waals surface area (Å²) in [6, 6.07) is 0. The number of fused-ring (bicyclic) bond motifs is 1. The molecule has 21 heavy (non-hydrogen) atoms. The fourth-order valence-electron chi connectivity index (χ4n) is 2.17. The molecule has 0 bridgehead atoms. The number of thioether (sulfide) groups is 1. The number of hydrogen-bond acceptors (Lipinski definition) is 7. The molecule has 0 aromatic rings. The fourth-order valence-corrected chi connectivity index (χ4v) is 3.58. The lowest BCUT2D eigenvalue weighted by Crippen LogP contribution is -2.82. The third kappa shape index (κ3) is 2.16. The van der Waals surface area contributed by atoms with E-state index in [-0.39, 0.29) is 23.6 Å². The van der Waals surface area contributed by atoms with E-state index in [1.807, 2.05) is 0 Å². The minimum atomic E-state index is -1.90. The van der Waals surface area contributed by atoms with Gasteiger partial charge in [0.1, 0.15) is 17.7 Å². The van der Waals surface area contributed by atoms with Gasteiger partial charge in [0.2, 0.25) is 11.4 Å². The summed E-state index contributed by atoms with van der Waals surface area (Å²) in [5, 5.41) is 8.40. The number of hydrogen-bond donors (Lipinski definition) is 3. The summed E-state index contributed by atoms with van der Waals surface area (Å²) < 4.78 is 4.77. The van der Waals surface area contributed by atoms with E-state index in [0.717, 1.165) is 16.7 Å². The molecule has 2 amide bonds. The van der Waals surface area contributed by atoms with Gasteiger partial charge in [0.05, 0.1) is 0 Å². The van der Waals surface area contributed by atoms with Crippen LogP contribution in [0.5, 0.6) is 0 Å². The van der Waals surface area contributed by atoms with Crippen LogP contribution in [0, 0.1) is 0 Å². The van der Waals surface area contributed by atoms with Crippen molar-refractivity contribution in [2.75, 3.05) is 12.4 Å². The van der Waals surface area contributed by atoms with Crippen LogP contribution in [0.4, 0.5) is 0 Å². The minimum Gasteiger partial charge on any atom is -0.477 e. The Hall–Kier alpha value is -2.07. The smallest absolute Gasteiger partial charge is 0.352 e. The first kappa shape index (κ1) is 15.3. The molecule has 9 nitrogen and oxygen atoms in total. The topological polar surface area (TPSA) is 153 Å². The molecule has 114 valence electrons. The highest BCUT2D eigenvalue weighted by Crippen LogP contribution is 2.44. The molecule has 0 aromatic carbocycles. The van der Waals surface area contributed by atoms with E-state index in [0.29, 0.717) is 0 Å². The Balaban J connectivity index is 2.35. The van der Waals surface area contributed by atoms with Crippen LogP contribution in [0.1, 0.15) is 6.92 Å². The van der Waals surface area contributed by atoms with E-state index < -0.39 is 34.7 Å². The molecule has 2 atom stereocenters. The Morgan fingerprint density at radius 2 is 2.14 bits per heavy atom. The minimum absolute atomic E-state index is 0.162. The van der Waals surface area contributed by atoms with Crippen LogP contribution in [0.25, 0.3) is 0 Å². The first-order valence-electron chi connectivity index (χ1n) is 5.84. The van der Waals surface area contributed by atoms with Gasteiger partial charge in [0.15, 0.2) is 0 Å². The Kier molecular flexibility index (Phi) is 3.68. The van der Waals surface area contributed by atoms with Crippen molar-refractivity contribution < 1.29 is 29.0 Å². The van der Waals surface area contributed by atoms with Crippen LogP contribution in [0.3, 0.4) is 0 Å². The van der Waals surface area contributed by atoms with Crippen LogP contribution in [-0.4, -0.2) is 57.0 Å². The zero-order valence-corrected chi connectivity index (χ0v) is 11.8. The third-order valence-corrected chi connectivity index (χ3v) is 4.66. The number of nitrogens with zero attached hydrogens (tertiary/aromatic N) is 1. The van der Waals surface area contributed by atoms with Gasteiger partial charge in [0.25, 0.3) is 5.91 Å². The number of aliphatic carboxylic acids is 1. The lowest BCUT2D eigenvalue weighted by Gasteiger charge is -2.53. The molecular weight excluding hydrogens is 302 g/mol. The van der Waals surface area contributed by atoms with E-state index in [9.17, 15) is 24.3 Å². The molecule has 0 aromatic heterocycles. The number of nitrogens with two attached hydrogens (primary N) is 2. The number of carbonyl (C=O) groups is 4. The van der Waals surface area contributed by atoms with Gasteiger partial charge in [-0.1, -0.05) is 0 Å². The van der Waals surface area contributed by atoms with Gasteiger partial charge in [-0.05, 0) is 0 Å². The van der Waals surface area contributed by atoms with Gasteiger partial charge >= 0.3 is 11.9 Å². The van der Waals surface area contributed by atoms with Crippen LogP contribution in [-0.2, 0) is 23.9 Å². The van der Waals surface area contributed by atoms with Crippen molar-refractivity contribution in [3.8, 4) is 0 Å². The van der Waals surface area contributed by atoms with Gasteiger partial charge in [-0.3, -0.25) is 19.3 Å². The van der Waals surface area contributed by atoms with E-state index >= 15 is 0 Å². The van der Waals surface area contributed by atoms with Crippen molar-refractivity contribution in [3.05, 3.63) is 11.3 Å². The summed E-state index contributed by atoms with van der Waals surface area (Å²) in [6.07, 6.45) is 0. The monoisotopic (exact) mass is 315 g/mol. The SMILES string of the molecule is CC(=O)OCC1=C(C(=O)O)N2C(=O)C(N)(C(N)=O)[C@H]2SC1. The molecule has 0 radical (unpaired) electrons. The molecule has 0 saturated carbocycles. The largest absolute Gasteiger partial charge is 0.477 e. The maximum absolute atomic E-state index is 12.0. The Morgan fingerprint density at radius 1 is 1.52 bits per heavy atom. The number of β-lactam (4-membered cyclic amide) rings is 1. The van der Waals surface area contributed by atoms with Crippen LogP contribution >= 0.6 is 11.8 Å². The summed E-state index contributed by atoms with van der Waals surface area (Å²) in [6.45, 7) is 0.946. The second-order valence-corrected chi connectivity index (χ2v) is 5.68. The maximum Gasteiger partial charge on any atom is 0.352 e. The number of ether oxygens (including phenoxy) is 1. The standard InChI is InChI=1S/C11H13N3O6S/c1-4(15)20-2-5-3-21-10-11(13,8(12)18)9(19)14(10)6(5)7(16)17/h10H,2-3,13H2,1H3,(H2,12,18)(H,16,17)/t10-,11?/m1/s1. The van der Waals surface area contributed by atoms with Gasteiger partial charge in [-0.2, -0.15) is 0 Å². The van der Waals surface area contributed by atoms with Crippen LogP contribution < -0.4 is 11.5 Å². The van der Waals surface area contributed by atoms with Crippen molar-refractivity contribution in [2.45, 2.75) is 17.8 Å². The molecule has 2 aliphatic rings. The number of esters is 1. The number of rotatable bonds is 4. The number of carboxylic acid groups (broad SMARTS) is 1. The second kappa shape index (κ2) is 5.04. The average molecular weight is 315 g/mol. The molecular formula is C11H13N3O6S. The van der Waals surface area contributed by atoms with E-state index in [4.69, 9.17) is 16.2 Å². The van der Waals surface area contributed by atoms with Crippen molar-refractivity contribution in [1.82, 2.24) is 4.90 Å². The zero-order valence-electron chi connectivity index (χ0n) is 11.0. The maximum atomic E-state index is 12.0. The van der Waals surface area contributed by atoms with E-state index in [1.54, 1.807) is 0 Å². The van der Waals surface area contributed by atoms with E-state index in [1.165, 1.54) is 6.92 Å². The highest BCUT2D eigenvalue weighted by atomic mass is 32.2. The summed E-state index contributed by atoms with van der Waals surface area (Å²) in [4.78, 5) is 46.5. The highest BCUT2D eigenvalue weighted by Gasteiger charge is 2.66. The molecule has 2 heterocycles. The fraction of sp³-hybridized carbons (Fsp3) is 0.455. The number of carboxylic acids is 1. The van der Waals surface area contributed by atoms with Crippen LogP contribution in [0.15, 0.2) is 11.3 Å². The lowest BCUT2D eigenvalue weighted by atomic mass is 9.86. The number of amides is 2. The lowest BCUT2D eigenvalue weighted by molar-refractivity contribution is -0.159. The molecule has 1 saturated heterocycles. The Morgan fingerprint density at radius 3 is 2.62 bits per heavy atom. The highest BCUT2D eigenvalue weighted by molar-refractivity contribution is 8.00. The van der Waals surface area contributed by atoms with E-state index in [2.05, 4.69) is 0 Å². The van der Waals surface area contributed by atoms with Gasteiger partial charge in [-0.15, -0.1) is 11.8 Å². The van der Waals surface area contributed by atoms with Crippen molar-refractivity contribution in [1.29, 1.82) is 0 Å². The van der Waals surface area contributed by atoms with Crippen molar-refractivity contribution >= 4 is 35.5 Å². The van der Waals surface area contributed by atoms with Crippen molar-refractivity contribution in [2.24, 2.45) is 11.5 Å². The number of primary amides is 1. The molecule has 10 heteroatoms. The Labute approximate surface area is 123 Å². The summed E-state index contributed by atoms with van der Waals surface area (Å²) in [5.74, 6) is -3.64. The Bertz CT molecular complexity index is 589. The first-order valence-corrected chi connectivity index (χ1v) is 6.88. The molecule has 1 fully saturated rings. The van der Waals surface area contributed by atoms with Crippen LogP contribution in [0.2, 0.25) is 0 Å². The first-order chi connectivity index (χ1) is 9.71. The van der Waals surface area contributed by atoms with Gasteiger partial charge in [-0.25, -0.2) is 4.79 Å². The van der Waals surface area contributed by atoms with Gasteiger partial charge < -0.3 is 21.3 Å². The third-order valence-electron chi connectivity index (χ3n) is 3.25. The average Bonchev–Trinajstić information content (AvgIpc) is 2.41. The molecule has 0 spiro atoms.